The van der Waals surface area contributed by atoms with Gasteiger partial charge in [-0.25, -0.2) is 0 Å². The Balaban J connectivity index is 1.39. The van der Waals surface area contributed by atoms with E-state index in [2.05, 4.69) is 42.1 Å². The lowest BCUT2D eigenvalue weighted by atomic mass is 10.1. The van der Waals surface area contributed by atoms with Crippen LogP contribution in [0.5, 0.6) is 11.8 Å². The van der Waals surface area contributed by atoms with Crippen LogP contribution in [0, 0.1) is 0 Å². The number of amidine groups is 1. The molecule has 5 rings (SSSR count). The molecule has 1 saturated heterocycles. The average molecular weight is 462 g/mol. The summed E-state index contributed by atoms with van der Waals surface area (Å²) in [5.74, 6) is 2.35. The van der Waals surface area contributed by atoms with Crippen LogP contribution in [0.4, 0.5) is 11.9 Å². The van der Waals surface area contributed by atoms with E-state index in [-0.39, 0.29) is 6.01 Å². The molecule has 1 aromatic heterocycles. The second kappa shape index (κ2) is 9.56. The first-order chi connectivity index (χ1) is 16.1. The minimum Gasteiger partial charge on any atom is -0.424 e. The molecule has 0 spiro atoms. The predicted molar refractivity (Wildman–Crippen MR) is 131 cm³/mol. The van der Waals surface area contributed by atoms with Crippen LogP contribution < -0.4 is 15.0 Å². The van der Waals surface area contributed by atoms with Crippen LogP contribution in [0.1, 0.15) is 5.56 Å². The second-order valence-corrected chi connectivity index (χ2v) is 8.39. The van der Waals surface area contributed by atoms with Gasteiger partial charge in [0.05, 0.1) is 6.54 Å². The van der Waals surface area contributed by atoms with E-state index in [4.69, 9.17) is 16.3 Å². The number of aliphatic imine (C=N–C) groups is 1. The summed E-state index contributed by atoms with van der Waals surface area (Å²) in [7, 11) is 2.12. The van der Waals surface area contributed by atoms with Gasteiger partial charge in [0.15, 0.2) is 0 Å². The standard InChI is InChI=1S/C24H24ClN7O/c1-31-11-13-32(14-12-31)23-28-22(29-24(30-23)33-20-5-3-2-4-6-20)27-21-15-18(16-26-21)17-7-9-19(25)10-8-17/h2-10,15H,11-14,16H2,1H3,(H,26,27,28,29,30). The first-order valence-corrected chi connectivity index (χ1v) is 11.2. The topological polar surface area (TPSA) is 78.8 Å². The molecule has 3 heterocycles. The fraction of sp³-hybridized carbons (Fsp3) is 0.250. The number of anilines is 2. The first-order valence-electron chi connectivity index (χ1n) is 10.8. The van der Waals surface area contributed by atoms with Crippen LogP contribution in [0.25, 0.3) is 5.57 Å². The summed E-state index contributed by atoms with van der Waals surface area (Å²) >= 11 is 6.01. The number of rotatable bonds is 5. The molecule has 1 N–H and O–H groups in total. The predicted octanol–water partition coefficient (Wildman–Crippen LogP) is 3.98. The number of benzene rings is 2. The zero-order chi connectivity index (χ0) is 22.6. The number of nitrogens with one attached hydrogen (secondary N) is 1. The Morgan fingerprint density at radius 1 is 0.909 bits per heavy atom. The van der Waals surface area contributed by atoms with Crippen LogP contribution in [0.3, 0.4) is 0 Å². The van der Waals surface area contributed by atoms with Crippen molar-refractivity contribution in [2.75, 3.05) is 50.0 Å². The fourth-order valence-corrected chi connectivity index (χ4v) is 3.77. The normalized spacial score (nSPS) is 16.4. The van der Waals surface area contributed by atoms with Gasteiger partial charge in [0.25, 0.3) is 0 Å². The van der Waals surface area contributed by atoms with E-state index in [9.17, 15) is 0 Å². The highest BCUT2D eigenvalue weighted by molar-refractivity contribution is 6.30. The molecule has 0 bridgehead atoms. The Labute approximate surface area is 197 Å². The monoisotopic (exact) mass is 461 g/mol. The van der Waals surface area contributed by atoms with E-state index in [1.165, 1.54) is 0 Å². The molecular weight excluding hydrogens is 438 g/mol. The van der Waals surface area contributed by atoms with Crippen molar-refractivity contribution in [3.05, 3.63) is 71.3 Å². The highest BCUT2D eigenvalue weighted by atomic mass is 35.5. The Kier molecular flexibility index (Phi) is 6.19. The average Bonchev–Trinajstić information content (AvgIpc) is 3.29. The quantitative estimate of drug-likeness (QED) is 0.615. The molecule has 3 aromatic rings. The molecule has 1 fully saturated rings. The third-order valence-electron chi connectivity index (χ3n) is 5.53. The maximum Gasteiger partial charge on any atom is 0.328 e. The summed E-state index contributed by atoms with van der Waals surface area (Å²) in [6.07, 6.45) is 2.00. The molecule has 8 nitrogen and oxygen atoms in total. The smallest absolute Gasteiger partial charge is 0.328 e. The van der Waals surface area contributed by atoms with E-state index in [1.54, 1.807) is 0 Å². The molecule has 0 aliphatic carbocycles. The number of halogens is 1. The minimum absolute atomic E-state index is 0.244. The van der Waals surface area contributed by atoms with Crippen LogP contribution >= 0.6 is 11.6 Å². The molecule has 0 atom stereocenters. The lowest BCUT2D eigenvalue weighted by molar-refractivity contribution is 0.310. The van der Waals surface area contributed by atoms with Crippen molar-refractivity contribution in [3.8, 4) is 11.8 Å². The van der Waals surface area contributed by atoms with E-state index in [0.29, 0.717) is 35.0 Å². The van der Waals surface area contributed by atoms with Gasteiger partial charge in [-0.2, -0.15) is 15.0 Å². The third kappa shape index (κ3) is 5.30. The molecule has 2 aliphatic rings. The van der Waals surface area contributed by atoms with Crippen molar-refractivity contribution >= 4 is 34.9 Å². The molecule has 9 heteroatoms. The van der Waals surface area contributed by atoms with E-state index < -0.39 is 0 Å². The van der Waals surface area contributed by atoms with Crippen molar-refractivity contribution in [2.24, 2.45) is 4.99 Å². The van der Waals surface area contributed by atoms with Crippen LogP contribution in [-0.2, 0) is 0 Å². The Hall–Kier alpha value is -3.49. The number of ether oxygens (including phenoxy) is 1. The molecule has 0 unspecified atom stereocenters. The van der Waals surface area contributed by atoms with Gasteiger partial charge in [0.1, 0.15) is 11.6 Å². The number of para-hydroxylation sites is 1. The lowest BCUT2D eigenvalue weighted by Crippen LogP contribution is -2.45. The Morgan fingerprint density at radius 2 is 1.67 bits per heavy atom. The van der Waals surface area contributed by atoms with Crippen LogP contribution in [0.15, 0.2) is 65.7 Å². The van der Waals surface area contributed by atoms with Crippen molar-refractivity contribution < 1.29 is 4.74 Å². The van der Waals surface area contributed by atoms with E-state index in [1.807, 2.05) is 60.7 Å². The summed E-state index contributed by atoms with van der Waals surface area (Å²) in [4.78, 5) is 22.8. The highest BCUT2D eigenvalue weighted by Crippen LogP contribution is 2.24. The molecule has 0 amide bonds. The molecule has 0 saturated carbocycles. The van der Waals surface area contributed by atoms with Gasteiger partial charge in [-0.3, -0.25) is 4.99 Å². The van der Waals surface area contributed by atoms with Crippen LogP contribution in [0.2, 0.25) is 5.02 Å². The second-order valence-electron chi connectivity index (χ2n) is 7.95. The maximum absolute atomic E-state index is 6.01. The zero-order valence-electron chi connectivity index (χ0n) is 18.3. The summed E-state index contributed by atoms with van der Waals surface area (Å²) in [6.45, 7) is 4.15. The number of nitrogens with zero attached hydrogens (tertiary/aromatic N) is 6. The number of likely N-dealkylation sites (N-methyl/N-ethyl adjacent to an activating group) is 1. The van der Waals surface area contributed by atoms with Gasteiger partial charge in [-0.15, -0.1) is 0 Å². The zero-order valence-corrected chi connectivity index (χ0v) is 19.0. The Morgan fingerprint density at radius 3 is 2.42 bits per heavy atom. The Bertz CT molecular complexity index is 1170. The summed E-state index contributed by atoms with van der Waals surface area (Å²) in [5, 5.41) is 3.95. The van der Waals surface area contributed by atoms with E-state index in [0.717, 1.165) is 37.3 Å². The van der Waals surface area contributed by atoms with Gasteiger partial charge < -0.3 is 19.9 Å². The number of hydrogen-bond donors (Lipinski definition) is 1. The van der Waals surface area contributed by atoms with Gasteiger partial charge >= 0.3 is 6.01 Å². The minimum atomic E-state index is 0.244. The molecule has 2 aliphatic heterocycles. The molecule has 2 aromatic carbocycles. The van der Waals surface area contributed by atoms with Crippen molar-refractivity contribution in [1.29, 1.82) is 0 Å². The summed E-state index contributed by atoms with van der Waals surface area (Å²) in [6, 6.07) is 17.5. The number of piperazine rings is 1. The highest BCUT2D eigenvalue weighted by Gasteiger charge is 2.20. The number of aromatic nitrogens is 3. The summed E-state index contributed by atoms with van der Waals surface area (Å²) in [5.41, 5.74) is 2.19. The fourth-order valence-electron chi connectivity index (χ4n) is 3.64. The van der Waals surface area contributed by atoms with Crippen molar-refractivity contribution in [3.63, 3.8) is 0 Å². The largest absolute Gasteiger partial charge is 0.424 e. The SMILES string of the molecule is CN1CCN(c2nc(NC3=NCC(c4ccc(Cl)cc4)=C3)nc(Oc3ccccc3)n2)CC1. The summed E-state index contributed by atoms with van der Waals surface area (Å²) < 4.78 is 5.93. The van der Waals surface area contributed by atoms with Crippen molar-refractivity contribution in [2.45, 2.75) is 0 Å². The third-order valence-corrected chi connectivity index (χ3v) is 5.78. The van der Waals surface area contributed by atoms with Crippen LogP contribution in [-0.4, -0.2) is 65.5 Å². The van der Waals surface area contributed by atoms with Gasteiger partial charge in [0.2, 0.25) is 11.9 Å². The molecule has 33 heavy (non-hydrogen) atoms. The van der Waals surface area contributed by atoms with Gasteiger partial charge in [-0.1, -0.05) is 41.9 Å². The molecular formula is C24H24ClN7O. The van der Waals surface area contributed by atoms with Gasteiger partial charge in [0, 0.05) is 31.2 Å². The molecule has 0 radical (unpaired) electrons. The first kappa shape index (κ1) is 21.4. The van der Waals surface area contributed by atoms with Gasteiger partial charge in [-0.05, 0) is 48.5 Å². The van der Waals surface area contributed by atoms with E-state index >= 15 is 0 Å². The number of hydrogen-bond acceptors (Lipinski definition) is 8. The molecule has 168 valence electrons. The lowest BCUT2D eigenvalue weighted by Gasteiger charge is -2.32. The maximum atomic E-state index is 6.01. The van der Waals surface area contributed by atoms with Crippen molar-refractivity contribution in [1.82, 2.24) is 19.9 Å².